The van der Waals surface area contributed by atoms with Crippen LogP contribution in [0.5, 0.6) is 0 Å². The molecule has 0 heterocycles. The van der Waals surface area contributed by atoms with Gasteiger partial charge in [-0.25, -0.2) is 0 Å². The zero-order valence-corrected chi connectivity index (χ0v) is 13.7. The molecule has 0 saturated carbocycles. The van der Waals surface area contributed by atoms with Crippen molar-refractivity contribution in [3.05, 3.63) is 94.5 Å². The van der Waals surface area contributed by atoms with Crippen molar-refractivity contribution >= 4 is 27.5 Å². The monoisotopic (exact) mass is 356 g/mol. The summed E-state index contributed by atoms with van der Waals surface area (Å²) in [5.41, 5.74) is 4.63. The second-order valence-corrected chi connectivity index (χ2v) is 6.26. The second kappa shape index (κ2) is 6.46. The van der Waals surface area contributed by atoms with Gasteiger partial charge in [0.1, 0.15) is 0 Å². The maximum Gasteiger partial charge on any atom is 0.0835 e. The molecule has 0 aliphatic carbocycles. The summed E-state index contributed by atoms with van der Waals surface area (Å²) in [6, 6.07) is 26.9. The first-order valence-corrected chi connectivity index (χ1v) is 8.02. The molecular formula is C19H14BrCl. The lowest BCUT2D eigenvalue weighted by atomic mass is 10.00. The topological polar surface area (TPSA) is 0 Å². The molecule has 3 rings (SSSR count). The highest BCUT2D eigenvalue weighted by atomic mass is 79.9. The fourth-order valence-corrected chi connectivity index (χ4v) is 3.03. The Morgan fingerprint density at radius 3 is 2.00 bits per heavy atom. The highest BCUT2D eigenvalue weighted by Gasteiger charge is 2.11. The molecule has 0 aliphatic rings. The summed E-state index contributed by atoms with van der Waals surface area (Å²) < 4.78 is 1.05. The van der Waals surface area contributed by atoms with Gasteiger partial charge in [0.15, 0.2) is 0 Å². The molecule has 0 bridgehead atoms. The first kappa shape index (κ1) is 14.4. The predicted molar refractivity (Wildman–Crippen MR) is 93.7 cm³/mol. The molecule has 0 nitrogen and oxygen atoms in total. The van der Waals surface area contributed by atoms with Crippen LogP contribution in [-0.2, 0) is 0 Å². The van der Waals surface area contributed by atoms with Crippen molar-refractivity contribution in [2.45, 2.75) is 5.38 Å². The van der Waals surface area contributed by atoms with Gasteiger partial charge in [0.2, 0.25) is 0 Å². The van der Waals surface area contributed by atoms with Gasteiger partial charge in [-0.1, -0.05) is 82.7 Å². The van der Waals surface area contributed by atoms with Gasteiger partial charge in [-0.2, -0.15) is 0 Å². The Hall–Kier alpha value is -1.57. The molecule has 0 fully saturated rings. The van der Waals surface area contributed by atoms with Crippen molar-refractivity contribution < 1.29 is 0 Å². The molecule has 0 N–H and O–H groups in total. The maximum absolute atomic E-state index is 6.58. The van der Waals surface area contributed by atoms with Crippen LogP contribution in [0.15, 0.2) is 83.3 Å². The summed E-state index contributed by atoms with van der Waals surface area (Å²) >= 11 is 10.1. The van der Waals surface area contributed by atoms with Crippen LogP contribution < -0.4 is 0 Å². The molecule has 3 aromatic rings. The van der Waals surface area contributed by atoms with Gasteiger partial charge >= 0.3 is 0 Å². The normalized spacial score (nSPS) is 12.1. The van der Waals surface area contributed by atoms with Crippen LogP contribution in [0.25, 0.3) is 11.1 Å². The van der Waals surface area contributed by atoms with Crippen LogP contribution in [0.3, 0.4) is 0 Å². The molecule has 0 aromatic heterocycles. The Morgan fingerprint density at radius 2 is 1.33 bits per heavy atom. The molecule has 0 aliphatic heterocycles. The van der Waals surface area contributed by atoms with E-state index in [-0.39, 0.29) is 5.38 Å². The molecule has 2 heteroatoms. The third-order valence-electron chi connectivity index (χ3n) is 3.45. The van der Waals surface area contributed by atoms with Gasteiger partial charge in [0.25, 0.3) is 0 Å². The van der Waals surface area contributed by atoms with Crippen LogP contribution in [0.1, 0.15) is 16.5 Å². The van der Waals surface area contributed by atoms with E-state index >= 15 is 0 Å². The summed E-state index contributed by atoms with van der Waals surface area (Å²) in [7, 11) is 0. The average Bonchev–Trinajstić information content (AvgIpc) is 2.55. The van der Waals surface area contributed by atoms with Crippen LogP contribution >= 0.6 is 27.5 Å². The van der Waals surface area contributed by atoms with E-state index in [1.54, 1.807) is 0 Å². The Bertz CT molecular complexity index is 720. The molecule has 0 amide bonds. The van der Waals surface area contributed by atoms with Crippen LogP contribution in [0.4, 0.5) is 0 Å². The van der Waals surface area contributed by atoms with Crippen LogP contribution in [0.2, 0.25) is 0 Å². The third-order valence-corrected chi connectivity index (χ3v) is 4.45. The van der Waals surface area contributed by atoms with E-state index in [0.29, 0.717) is 0 Å². The average molecular weight is 358 g/mol. The van der Waals surface area contributed by atoms with E-state index in [1.807, 2.05) is 24.3 Å². The smallest absolute Gasteiger partial charge is 0.0835 e. The van der Waals surface area contributed by atoms with E-state index in [0.717, 1.165) is 15.6 Å². The molecule has 0 radical (unpaired) electrons. The van der Waals surface area contributed by atoms with E-state index in [2.05, 4.69) is 70.5 Å². The molecular weight excluding hydrogens is 344 g/mol. The highest BCUT2D eigenvalue weighted by Crippen LogP contribution is 2.31. The van der Waals surface area contributed by atoms with Gasteiger partial charge < -0.3 is 0 Å². The molecule has 3 aromatic carbocycles. The Morgan fingerprint density at radius 1 is 0.667 bits per heavy atom. The molecule has 1 unspecified atom stereocenters. The van der Waals surface area contributed by atoms with Gasteiger partial charge in [0.05, 0.1) is 5.38 Å². The van der Waals surface area contributed by atoms with E-state index in [1.165, 1.54) is 11.1 Å². The van der Waals surface area contributed by atoms with Crippen molar-refractivity contribution in [1.29, 1.82) is 0 Å². The quantitative estimate of drug-likeness (QED) is 0.473. The molecule has 21 heavy (non-hydrogen) atoms. The first-order chi connectivity index (χ1) is 10.2. The van der Waals surface area contributed by atoms with Crippen LogP contribution in [0, 0.1) is 0 Å². The summed E-state index contributed by atoms with van der Waals surface area (Å²) in [6.45, 7) is 0. The zero-order valence-electron chi connectivity index (χ0n) is 11.3. The molecule has 0 spiro atoms. The van der Waals surface area contributed by atoms with Crippen LogP contribution in [-0.4, -0.2) is 0 Å². The van der Waals surface area contributed by atoms with Crippen molar-refractivity contribution in [2.24, 2.45) is 0 Å². The summed E-state index contributed by atoms with van der Waals surface area (Å²) in [4.78, 5) is 0. The van der Waals surface area contributed by atoms with Crippen molar-refractivity contribution in [2.75, 3.05) is 0 Å². The summed E-state index contributed by atoms with van der Waals surface area (Å²) in [5, 5.41) is -0.132. The third kappa shape index (κ3) is 3.37. The minimum absolute atomic E-state index is 0.132. The SMILES string of the molecule is ClC(c1ccc(-c2ccccc2)cc1)c1cccc(Br)c1. The van der Waals surface area contributed by atoms with Crippen molar-refractivity contribution in [3.8, 4) is 11.1 Å². The zero-order chi connectivity index (χ0) is 14.7. The van der Waals surface area contributed by atoms with Gasteiger partial charge in [-0.15, -0.1) is 11.6 Å². The number of hydrogen-bond donors (Lipinski definition) is 0. The lowest BCUT2D eigenvalue weighted by Gasteiger charge is -2.11. The summed E-state index contributed by atoms with van der Waals surface area (Å²) in [5.74, 6) is 0. The fraction of sp³-hybridized carbons (Fsp3) is 0.0526. The summed E-state index contributed by atoms with van der Waals surface area (Å²) in [6.07, 6.45) is 0. The number of rotatable bonds is 3. The van der Waals surface area contributed by atoms with Gasteiger partial charge in [-0.05, 0) is 34.4 Å². The molecule has 0 saturated heterocycles. The largest absolute Gasteiger partial charge is 0.113 e. The number of hydrogen-bond acceptors (Lipinski definition) is 0. The predicted octanol–water partition coefficient (Wildman–Crippen LogP) is 6.44. The lowest BCUT2D eigenvalue weighted by Crippen LogP contribution is -1.93. The number of benzene rings is 3. The second-order valence-electron chi connectivity index (χ2n) is 4.91. The fourth-order valence-electron chi connectivity index (χ4n) is 2.33. The van der Waals surface area contributed by atoms with Crippen molar-refractivity contribution in [3.63, 3.8) is 0 Å². The standard InChI is InChI=1S/C19H14BrCl/c20-18-8-4-7-17(13-18)19(21)16-11-9-15(10-12-16)14-5-2-1-3-6-14/h1-13,19H. The number of halogens is 2. The number of alkyl halides is 1. The van der Waals surface area contributed by atoms with E-state index < -0.39 is 0 Å². The molecule has 104 valence electrons. The van der Waals surface area contributed by atoms with E-state index in [4.69, 9.17) is 11.6 Å². The Kier molecular flexibility index (Phi) is 4.42. The van der Waals surface area contributed by atoms with Gasteiger partial charge in [0, 0.05) is 4.47 Å². The van der Waals surface area contributed by atoms with Crippen molar-refractivity contribution in [1.82, 2.24) is 0 Å². The first-order valence-electron chi connectivity index (χ1n) is 6.79. The Labute approximate surface area is 138 Å². The highest BCUT2D eigenvalue weighted by molar-refractivity contribution is 9.10. The molecule has 1 atom stereocenters. The van der Waals surface area contributed by atoms with E-state index in [9.17, 15) is 0 Å². The maximum atomic E-state index is 6.58. The Balaban J connectivity index is 1.87. The minimum atomic E-state index is -0.132. The van der Waals surface area contributed by atoms with Gasteiger partial charge in [-0.3, -0.25) is 0 Å². The minimum Gasteiger partial charge on any atom is -0.113 e. The lowest BCUT2D eigenvalue weighted by molar-refractivity contribution is 1.14.